The van der Waals surface area contributed by atoms with E-state index in [2.05, 4.69) is 4.74 Å². The van der Waals surface area contributed by atoms with Gasteiger partial charge in [-0.15, -0.1) is 0 Å². The van der Waals surface area contributed by atoms with E-state index < -0.39 is 21.8 Å². The highest BCUT2D eigenvalue weighted by Crippen LogP contribution is 2.20. The van der Waals surface area contributed by atoms with Gasteiger partial charge < -0.3 is 9.47 Å². The van der Waals surface area contributed by atoms with Crippen molar-refractivity contribution in [1.29, 1.82) is 0 Å². The van der Waals surface area contributed by atoms with Crippen molar-refractivity contribution < 1.29 is 31.5 Å². The molecule has 0 aliphatic rings. The summed E-state index contributed by atoms with van der Waals surface area (Å²) in [5.74, 6) is -4.02. The van der Waals surface area contributed by atoms with Crippen LogP contribution in [0.1, 0.15) is 0 Å². The van der Waals surface area contributed by atoms with E-state index >= 15 is 0 Å². The molecule has 1 aromatic carbocycles. The Morgan fingerprint density at radius 1 is 1.42 bits per heavy atom. The van der Waals surface area contributed by atoms with Crippen LogP contribution < -0.4 is 9.46 Å². The molecule has 9 heteroatoms. The SMILES string of the molecule is COC(=O)COc1cccc(NS(=O)(=O)C(F)F)c1. The molecule has 0 saturated heterocycles. The Kier molecular flexibility index (Phi) is 5.04. The number of hydrogen-bond acceptors (Lipinski definition) is 5. The van der Waals surface area contributed by atoms with Gasteiger partial charge in [0.15, 0.2) is 6.61 Å². The summed E-state index contributed by atoms with van der Waals surface area (Å²) in [6.45, 7) is -0.373. The van der Waals surface area contributed by atoms with E-state index in [-0.39, 0.29) is 18.0 Å². The van der Waals surface area contributed by atoms with E-state index in [4.69, 9.17) is 4.74 Å². The molecule has 0 aliphatic heterocycles. The van der Waals surface area contributed by atoms with Gasteiger partial charge in [0.25, 0.3) is 10.0 Å². The number of methoxy groups -OCH3 is 1. The molecule has 0 atom stereocenters. The molecule has 1 rings (SSSR count). The zero-order chi connectivity index (χ0) is 14.5. The van der Waals surface area contributed by atoms with Gasteiger partial charge in [0.05, 0.1) is 12.8 Å². The minimum absolute atomic E-state index is 0.0948. The molecule has 0 fully saturated rings. The third-order valence-electron chi connectivity index (χ3n) is 1.91. The van der Waals surface area contributed by atoms with Gasteiger partial charge in [-0.2, -0.15) is 8.78 Å². The summed E-state index contributed by atoms with van der Waals surface area (Å²) < 4.78 is 57.2. The maximum absolute atomic E-state index is 12.2. The fraction of sp³-hybridized carbons (Fsp3) is 0.300. The molecule has 106 valence electrons. The van der Waals surface area contributed by atoms with Gasteiger partial charge in [0, 0.05) is 6.07 Å². The van der Waals surface area contributed by atoms with Crippen molar-refractivity contribution in [1.82, 2.24) is 0 Å². The Hall–Kier alpha value is -1.90. The smallest absolute Gasteiger partial charge is 0.355 e. The molecular weight excluding hydrogens is 284 g/mol. The number of rotatable bonds is 6. The highest BCUT2D eigenvalue weighted by molar-refractivity contribution is 7.93. The Bertz CT molecular complexity index is 547. The molecule has 0 amide bonds. The second-order valence-corrected chi connectivity index (χ2v) is 4.95. The van der Waals surface area contributed by atoms with Crippen LogP contribution in [0.2, 0.25) is 0 Å². The number of anilines is 1. The number of carbonyl (C=O) groups excluding carboxylic acids is 1. The summed E-state index contributed by atoms with van der Waals surface area (Å²) in [5.41, 5.74) is -0.0948. The van der Waals surface area contributed by atoms with Crippen LogP contribution in [-0.2, 0) is 19.6 Å². The third kappa shape index (κ3) is 4.70. The van der Waals surface area contributed by atoms with Crippen molar-refractivity contribution in [3.05, 3.63) is 24.3 Å². The molecule has 0 aromatic heterocycles. The van der Waals surface area contributed by atoms with E-state index in [1.165, 1.54) is 31.4 Å². The number of ether oxygens (including phenoxy) is 2. The first kappa shape index (κ1) is 15.2. The maximum atomic E-state index is 12.2. The van der Waals surface area contributed by atoms with Crippen molar-refractivity contribution in [2.75, 3.05) is 18.4 Å². The molecule has 0 spiro atoms. The number of hydrogen-bond donors (Lipinski definition) is 1. The average Bonchev–Trinajstić information content (AvgIpc) is 2.35. The Balaban J connectivity index is 2.75. The summed E-state index contributed by atoms with van der Waals surface area (Å²) in [5, 5.41) is 0. The number of benzene rings is 1. The van der Waals surface area contributed by atoms with Crippen molar-refractivity contribution in [2.45, 2.75) is 5.76 Å². The van der Waals surface area contributed by atoms with Gasteiger partial charge in [0.2, 0.25) is 0 Å². The molecule has 19 heavy (non-hydrogen) atoms. The summed E-state index contributed by atoms with van der Waals surface area (Å²) in [6, 6.07) is 5.26. The van der Waals surface area contributed by atoms with Crippen molar-refractivity contribution in [2.24, 2.45) is 0 Å². The van der Waals surface area contributed by atoms with E-state index in [1.807, 2.05) is 0 Å². The van der Waals surface area contributed by atoms with Gasteiger partial charge in [-0.1, -0.05) is 6.07 Å². The van der Waals surface area contributed by atoms with Gasteiger partial charge in [-0.25, -0.2) is 13.2 Å². The predicted octanol–water partition coefficient (Wildman–Crippen LogP) is 1.20. The van der Waals surface area contributed by atoms with Crippen molar-refractivity contribution in [3.8, 4) is 5.75 Å². The molecule has 0 heterocycles. The number of nitrogens with one attached hydrogen (secondary N) is 1. The molecule has 1 aromatic rings. The van der Waals surface area contributed by atoms with Crippen LogP contribution in [0.5, 0.6) is 5.75 Å². The van der Waals surface area contributed by atoms with Crippen LogP contribution in [0.3, 0.4) is 0 Å². The van der Waals surface area contributed by atoms with Crippen LogP contribution in [-0.4, -0.2) is 33.9 Å². The zero-order valence-electron chi connectivity index (χ0n) is 9.80. The van der Waals surface area contributed by atoms with E-state index in [0.29, 0.717) is 0 Å². The van der Waals surface area contributed by atoms with Crippen LogP contribution >= 0.6 is 0 Å². The lowest BCUT2D eigenvalue weighted by molar-refractivity contribution is -0.142. The fourth-order valence-corrected chi connectivity index (χ4v) is 1.60. The number of halogens is 2. The normalized spacial score (nSPS) is 11.2. The molecule has 0 saturated carbocycles. The summed E-state index contributed by atoms with van der Waals surface area (Å²) >= 11 is 0. The molecule has 0 unspecified atom stereocenters. The highest BCUT2D eigenvalue weighted by Gasteiger charge is 2.23. The predicted molar refractivity (Wildman–Crippen MR) is 62.5 cm³/mol. The lowest BCUT2D eigenvalue weighted by Gasteiger charge is -2.09. The second kappa shape index (κ2) is 6.32. The Morgan fingerprint density at radius 2 is 2.11 bits per heavy atom. The highest BCUT2D eigenvalue weighted by atomic mass is 32.2. The average molecular weight is 295 g/mol. The van der Waals surface area contributed by atoms with Crippen molar-refractivity contribution in [3.63, 3.8) is 0 Å². The third-order valence-corrected chi connectivity index (χ3v) is 2.90. The fourth-order valence-electron chi connectivity index (χ4n) is 1.06. The lowest BCUT2D eigenvalue weighted by atomic mass is 10.3. The van der Waals surface area contributed by atoms with Crippen LogP contribution in [0, 0.1) is 0 Å². The zero-order valence-corrected chi connectivity index (χ0v) is 10.6. The van der Waals surface area contributed by atoms with Crippen LogP contribution in [0.25, 0.3) is 0 Å². The number of alkyl halides is 2. The molecule has 0 radical (unpaired) electrons. The van der Waals surface area contributed by atoms with E-state index in [1.54, 1.807) is 4.72 Å². The quantitative estimate of drug-likeness (QED) is 0.798. The van der Waals surface area contributed by atoms with Crippen LogP contribution in [0.15, 0.2) is 24.3 Å². The number of sulfonamides is 1. The molecular formula is C10H11F2NO5S. The maximum Gasteiger partial charge on any atom is 0.355 e. The summed E-state index contributed by atoms with van der Waals surface area (Å²) in [7, 11) is -3.56. The van der Waals surface area contributed by atoms with E-state index in [0.717, 1.165) is 0 Å². The number of carbonyl (C=O) groups is 1. The van der Waals surface area contributed by atoms with Gasteiger partial charge in [-0.05, 0) is 12.1 Å². The minimum Gasteiger partial charge on any atom is -0.482 e. The second-order valence-electron chi connectivity index (χ2n) is 3.30. The lowest BCUT2D eigenvalue weighted by Crippen LogP contribution is -2.20. The Labute approximate surface area is 108 Å². The monoisotopic (exact) mass is 295 g/mol. The number of esters is 1. The Morgan fingerprint density at radius 3 is 2.68 bits per heavy atom. The first-order valence-electron chi connectivity index (χ1n) is 4.94. The van der Waals surface area contributed by atoms with Gasteiger partial charge >= 0.3 is 11.7 Å². The first-order valence-corrected chi connectivity index (χ1v) is 6.49. The molecule has 0 aliphatic carbocycles. The summed E-state index contributed by atoms with van der Waals surface area (Å²) in [4.78, 5) is 10.8. The molecule has 1 N–H and O–H groups in total. The van der Waals surface area contributed by atoms with Crippen molar-refractivity contribution >= 4 is 21.7 Å². The van der Waals surface area contributed by atoms with Crippen LogP contribution in [0.4, 0.5) is 14.5 Å². The minimum atomic E-state index is -4.73. The van der Waals surface area contributed by atoms with E-state index in [9.17, 15) is 22.0 Å². The largest absolute Gasteiger partial charge is 0.482 e. The first-order chi connectivity index (χ1) is 8.85. The topological polar surface area (TPSA) is 81.7 Å². The standard InChI is InChI=1S/C10H11F2NO5S/c1-17-9(14)6-18-8-4-2-3-7(5-8)13-19(15,16)10(11)12/h2-5,10,13H,6H2,1H3. The summed E-state index contributed by atoms with van der Waals surface area (Å²) in [6.07, 6.45) is 0. The van der Waals surface area contributed by atoms with Gasteiger partial charge in [-0.3, -0.25) is 4.72 Å². The molecule has 0 bridgehead atoms. The van der Waals surface area contributed by atoms with Gasteiger partial charge in [0.1, 0.15) is 5.75 Å². The molecule has 6 nitrogen and oxygen atoms in total.